The minimum Gasteiger partial charge on any atom is -1.00 e. The van der Waals surface area contributed by atoms with Crippen molar-refractivity contribution >= 4 is 23.1 Å². The van der Waals surface area contributed by atoms with Gasteiger partial charge in [-0.3, -0.25) is 0 Å². The number of hydrogen-bond acceptors (Lipinski definition) is 2. The van der Waals surface area contributed by atoms with Crippen LogP contribution in [-0.4, -0.2) is 30.2 Å². The van der Waals surface area contributed by atoms with Crippen LogP contribution in [0.4, 0.5) is 0 Å². The minimum atomic E-state index is 0. The Labute approximate surface area is 134 Å². The zero-order chi connectivity index (χ0) is 11.2. The van der Waals surface area contributed by atoms with Crippen molar-refractivity contribution in [2.24, 2.45) is 0 Å². The first-order valence-corrected chi connectivity index (χ1v) is 5.10. The zero-order valence-corrected chi connectivity index (χ0v) is 13.2. The van der Waals surface area contributed by atoms with E-state index in [1.807, 2.05) is 48.5 Å². The van der Waals surface area contributed by atoms with Gasteiger partial charge in [0.15, 0.2) is 0 Å². The van der Waals surface area contributed by atoms with E-state index in [-0.39, 0.29) is 40.0 Å². The summed E-state index contributed by atoms with van der Waals surface area (Å²) in [5.74, 6) is 1.67. The number of hydrogen-bond donors (Lipinski definition) is 0. The van der Waals surface area contributed by atoms with E-state index in [4.69, 9.17) is 9.47 Å². The van der Waals surface area contributed by atoms with Gasteiger partial charge >= 0.3 is 23.1 Å². The molecule has 0 aliphatic heterocycles. The van der Waals surface area contributed by atoms with E-state index in [1.54, 1.807) is 7.11 Å². The molecule has 0 N–H and O–H groups in total. The molecular weight excluding hydrogens is 304 g/mol. The van der Waals surface area contributed by atoms with E-state index >= 15 is 0 Å². The first-order chi connectivity index (χ1) is 7.88. The third kappa shape index (κ3) is 5.29. The van der Waals surface area contributed by atoms with Crippen molar-refractivity contribution in [2.45, 2.75) is 6.61 Å². The summed E-state index contributed by atoms with van der Waals surface area (Å²) in [6.45, 7) is 0.537. The van der Waals surface area contributed by atoms with Crippen LogP contribution in [-0.2, 0) is 6.61 Å². The molecule has 0 fully saturated rings. The Morgan fingerprint density at radius 3 is 2.56 bits per heavy atom. The molecule has 0 amide bonds. The fourth-order valence-corrected chi connectivity index (χ4v) is 1.40. The van der Waals surface area contributed by atoms with Gasteiger partial charge in [0, 0.05) is 5.75 Å². The maximum atomic E-state index is 5.60. The van der Waals surface area contributed by atoms with Gasteiger partial charge in [0.1, 0.15) is 5.75 Å². The topological polar surface area (TPSA) is 18.5 Å². The molecule has 18 heavy (non-hydrogen) atoms. The molecule has 2 aromatic carbocycles. The molecule has 0 aromatic heterocycles. The summed E-state index contributed by atoms with van der Waals surface area (Å²) in [4.78, 5) is 0. The molecule has 90 valence electrons. The number of rotatable bonds is 4. The Morgan fingerprint density at radius 1 is 1.11 bits per heavy atom. The third-order valence-electron chi connectivity index (χ3n) is 2.22. The Kier molecular flexibility index (Phi) is 8.88. The van der Waals surface area contributed by atoms with Gasteiger partial charge < -0.3 is 26.5 Å². The molecule has 0 unspecified atom stereocenters. The monoisotopic (exact) mass is 316 g/mol. The van der Waals surface area contributed by atoms with Crippen molar-refractivity contribution in [3.63, 3.8) is 0 Å². The van der Waals surface area contributed by atoms with Crippen LogP contribution in [0.15, 0.2) is 48.5 Å². The van der Waals surface area contributed by atoms with Crippen LogP contribution in [0.3, 0.4) is 0 Å². The average molecular weight is 317 g/mol. The molecule has 4 heteroatoms. The first kappa shape index (κ1) is 17.3. The van der Waals surface area contributed by atoms with Crippen molar-refractivity contribution in [1.29, 1.82) is 0 Å². The van der Waals surface area contributed by atoms with E-state index in [0.29, 0.717) is 6.61 Å². The summed E-state index contributed by atoms with van der Waals surface area (Å²) >= 11 is 0. The number of ether oxygens (including phenoxy) is 2. The standard InChI is InChI=1S/C14H13O2.BrH.Mg/c1-15-14-9-5-6-12(10-14)11-16-13-7-3-2-4-8-13;;/h2-3,5-10H,11H2,1H3;1H;/q-1;;+2/p-1. The van der Waals surface area contributed by atoms with Gasteiger partial charge in [0.25, 0.3) is 0 Å². The van der Waals surface area contributed by atoms with E-state index in [2.05, 4.69) is 6.07 Å². The van der Waals surface area contributed by atoms with Crippen molar-refractivity contribution in [3.8, 4) is 11.5 Å². The quantitative estimate of drug-likeness (QED) is 0.569. The molecule has 0 atom stereocenters. The van der Waals surface area contributed by atoms with Crippen molar-refractivity contribution in [3.05, 3.63) is 60.2 Å². The van der Waals surface area contributed by atoms with Gasteiger partial charge in [-0.05, 0) is 17.7 Å². The molecule has 2 nitrogen and oxygen atoms in total. The van der Waals surface area contributed by atoms with Crippen LogP contribution in [0.2, 0.25) is 0 Å². The van der Waals surface area contributed by atoms with E-state index in [9.17, 15) is 0 Å². The molecule has 0 saturated carbocycles. The average Bonchev–Trinajstić information content (AvgIpc) is 2.38. The molecule has 0 radical (unpaired) electrons. The second-order valence-electron chi connectivity index (χ2n) is 3.38. The van der Waals surface area contributed by atoms with Gasteiger partial charge in [0.2, 0.25) is 0 Å². The molecule has 2 rings (SSSR count). The van der Waals surface area contributed by atoms with Gasteiger partial charge in [-0.25, -0.2) is 0 Å². The summed E-state index contributed by atoms with van der Waals surface area (Å²) < 4.78 is 10.7. The van der Waals surface area contributed by atoms with Crippen molar-refractivity contribution in [1.82, 2.24) is 0 Å². The predicted molar refractivity (Wildman–Crippen MR) is 68.4 cm³/mol. The Balaban J connectivity index is 0.00000144. The van der Waals surface area contributed by atoms with E-state index < -0.39 is 0 Å². The normalized spacial score (nSPS) is 8.72. The maximum absolute atomic E-state index is 5.60. The summed E-state index contributed by atoms with van der Waals surface area (Å²) in [5, 5.41) is 0. The molecule has 0 spiro atoms. The Morgan fingerprint density at radius 2 is 1.89 bits per heavy atom. The largest absolute Gasteiger partial charge is 2.00 e. The molecule has 0 bridgehead atoms. The molecule has 0 aliphatic rings. The van der Waals surface area contributed by atoms with Crippen LogP contribution >= 0.6 is 0 Å². The van der Waals surface area contributed by atoms with Gasteiger partial charge in [-0.1, -0.05) is 12.1 Å². The smallest absolute Gasteiger partial charge is 1.00 e. The fourth-order valence-electron chi connectivity index (χ4n) is 1.40. The number of methoxy groups -OCH3 is 1. The van der Waals surface area contributed by atoms with Crippen LogP contribution < -0.4 is 26.5 Å². The zero-order valence-electron chi connectivity index (χ0n) is 10.2. The molecular formula is C14H13BrMgO2. The Hall–Kier alpha value is -0.714. The predicted octanol–water partition coefficient (Wildman–Crippen LogP) is -0.302. The van der Waals surface area contributed by atoms with Crippen LogP contribution in [0.5, 0.6) is 11.5 Å². The van der Waals surface area contributed by atoms with Crippen LogP contribution in [0, 0.1) is 6.07 Å². The minimum absolute atomic E-state index is 0. The summed E-state index contributed by atoms with van der Waals surface area (Å²) in [7, 11) is 1.66. The first-order valence-electron chi connectivity index (χ1n) is 5.10. The molecule has 0 heterocycles. The van der Waals surface area contributed by atoms with Gasteiger partial charge in [0.05, 0.1) is 13.7 Å². The second kappa shape index (κ2) is 9.25. The maximum Gasteiger partial charge on any atom is 2.00 e. The summed E-state index contributed by atoms with van der Waals surface area (Å²) in [6.07, 6.45) is 0. The fraction of sp³-hybridized carbons (Fsp3) is 0.143. The SMILES string of the molecule is COc1cccc(COc2c[c-]ccc2)c1.[Br-].[Mg+2]. The second-order valence-corrected chi connectivity index (χ2v) is 3.38. The van der Waals surface area contributed by atoms with Gasteiger partial charge in [-0.15, -0.1) is 12.1 Å². The molecule has 0 aliphatic carbocycles. The summed E-state index contributed by atoms with van der Waals surface area (Å²) in [6, 6.07) is 18.3. The van der Waals surface area contributed by atoms with Crippen molar-refractivity contribution < 1.29 is 26.5 Å². The van der Waals surface area contributed by atoms with Crippen LogP contribution in [0.1, 0.15) is 5.56 Å². The number of benzene rings is 2. The van der Waals surface area contributed by atoms with Crippen molar-refractivity contribution in [2.75, 3.05) is 7.11 Å². The van der Waals surface area contributed by atoms with E-state index in [0.717, 1.165) is 17.1 Å². The number of halogens is 1. The van der Waals surface area contributed by atoms with Gasteiger partial charge in [-0.2, -0.15) is 18.2 Å². The molecule has 0 saturated heterocycles. The Bertz CT molecular complexity index is 449. The molecule has 2 aromatic rings. The third-order valence-corrected chi connectivity index (χ3v) is 2.22. The van der Waals surface area contributed by atoms with Crippen LogP contribution in [0.25, 0.3) is 0 Å². The summed E-state index contributed by atoms with van der Waals surface area (Å²) in [5.41, 5.74) is 1.09. The van der Waals surface area contributed by atoms with E-state index in [1.165, 1.54) is 0 Å².